The van der Waals surface area contributed by atoms with Crippen LogP contribution in [0.2, 0.25) is 5.15 Å². The van der Waals surface area contributed by atoms with Gasteiger partial charge in [0.1, 0.15) is 16.8 Å². The van der Waals surface area contributed by atoms with E-state index >= 15 is 0 Å². The Kier molecular flexibility index (Phi) is 5.19. The quantitative estimate of drug-likeness (QED) is 0.779. The van der Waals surface area contributed by atoms with E-state index in [2.05, 4.69) is 36.1 Å². The SMILES string of the molecule is CCc1nc(Cl)cc(NC(CC)(CC)CC)n1. The zero-order valence-electron chi connectivity index (χ0n) is 11.2. The van der Waals surface area contributed by atoms with Gasteiger partial charge in [0.2, 0.25) is 0 Å². The fraction of sp³-hybridized carbons (Fsp3) is 0.692. The molecule has 1 N–H and O–H groups in total. The first kappa shape index (κ1) is 14.2. The van der Waals surface area contributed by atoms with E-state index < -0.39 is 0 Å². The highest BCUT2D eigenvalue weighted by atomic mass is 35.5. The molecule has 1 aromatic heterocycles. The Morgan fingerprint density at radius 2 is 1.71 bits per heavy atom. The van der Waals surface area contributed by atoms with E-state index in [0.717, 1.165) is 37.3 Å². The van der Waals surface area contributed by atoms with Gasteiger partial charge in [0.15, 0.2) is 0 Å². The summed E-state index contributed by atoms with van der Waals surface area (Å²) in [5, 5.41) is 4.03. The molecule has 0 aliphatic carbocycles. The molecule has 0 spiro atoms. The molecule has 17 heavy (non-hydrogen) atoms. The van der Waals surface area contributed by atoms with Gasteiger partial charge in [0.05, 0.1) is 0 Å². The van der Waals surface area contributed by atoms with Crippen LogP contribution in [0, 0.1) is 0 Å². The van der Waals surface area contributed by atoms with Gasteiger partial charge >= 0.3 is 0 Å². The Morgan fingerprint density at radius 3 is 2.18 bits per heavy atom. The van der Waals surface area contributed by atoms with Gasteiger partial charge in [-0.25, -0.2) is 9.97 Å². The van der Waals surface area contributed by atoms with Gasteiger partial charge in [-0.3, -0.25) is 0 Å². The largest absolute Gasteiger partial charge is 0.365 e. The molecule has 0 fully saturated rings. The molecule has 0 saturated carbocycles. The first-order chi connectivity index (χ1) is 8.09. The van der Waals surface area contributed by atoms with Crippen molar-refractivity contribution in [1.82, 2.24) is 9.97 Å². The lowest BCUT2D eigenvalue weighted by Gasteiger charge is -2.32. The molecule has 0 unspecified atom stereocenters. The molecule has 4 heteroatoms. The number of rotatable bonds is 6. The second-order valence-electron chi connectivity index (χ2n) is 4.31. The van der Waals surface area contributed by atoms with Gasteiger partial charge in [0.25, 0.3) is 0 Å². The summed E-state index contributed by atoms with van der Waals surface area (Å²) in [5.41, 5.74) is 0.114. The van der Waals surface area contributed by atoms with Crippen molar-refractivity contribution in [2.24, 2.45) is 0 Å². The van der Waals surface area contributed by atoms with Gasteiger partial charge in [-0.15, -0.1) is 0 Å². The number of halogens is 1. The summed E-state index contributed by atoms with van der Waals surface area (Å²) in [5.74, 6) is 1.63. The third kappa shape index (κ3) is 3.56. The number of nitrogens with zero attached hydrogens (tertiary/aromatic N) is 2. The summed E-state index contributed by atoms with van der Waals surface area (Å²) >= 11 is 6.00. The number of aromatic nitrogens is 2. The molecule has 0 atom stereocenters. The van der Waals surface area contributed by atoms with Crippen molar-refractivity contribution in [2.75, 3.05) is 5.32 Å². The van der Waals surface area contributed by atoms with Crippen LogP contribution in [-0.2, 0) is 6.42 Å². The van der Waals surface area contributed by atoms with E-state index in [0.29, 0.717) is 5.15 Å². The fourth-order valence-corrected chi connectivity index (χ4v) is 2.17. The van der Waals surface area contributed by atoms with Crippen molar-refractivity contribution in [3.63, 3.8) is 0 Å². The molecule has 96 valence electrons. The van der Waals surface area contributed by atoms with Crippen LogP contribution in [-0.4, -0.2) is 15.5 Å². The van der Waals surface area contributed by atoms with Crippen molar-refractivity contribution in [3.05, 3.63) is 17.0 Å². The van der Waals surface area contributed by atoms with E-state index in [9.17, 15) is 0 Å². The molecule has 0 aromatic carbocycles. The molecule has 0 aliphatic rings. The van der Waals surface area contributed by atoms with Crippen LogP contribution < -0.4 is 5.32 Å². The monoisotopic (exact) mass is 255 g/mol. The van der Waals surface area contributed by atoms with Gasteiger partial charge < -0.3 is 5.32 Å². The number of aryl methyl sites for hydroxylation is 1. The summed E-state index contributed by atoms with van der Waals surface area (Å²) in [7, 11) is 0. The minimum absolute atomic E-state index is 0.114. The smallest absolute Gasteiger partial charge is 0.134 e. The van der Waals surface area contributed by atoms with Crippen LogP contribution in [0.15, 0.2) is 6.07 Å². The van der Waals surface area contributed by atoms with Crippen LogP contribution in [0.4, 0.5) is 5.82 Å². The normalized spacial score (nSPS) is 11.6. The van der Waals surface area contributed by atoms with Gasteiger partial charge in [-0.1, -0.05) is 39.3 Å². The fourth-order valence-electron chi connectivity index (χ4n) is 1.97. The summed E-state index contributed by atoms with van der Waals surface area (Å²) < 4.78 is 0. The molecule has 0 amide bonds. The molecule has 0 saturated heterocycles. The zero-order valence-corrected chi connectivity index (χ0v) is 11.9. The predicted molar refractivity (Wildman–Crippen MR) is 73.6 cm³/mol. The van der Waals surface area contributed by atoms with Gasteiger partial charge in [-0.2, -0.15) is 0 Å². The van der Waals surface area contributed by atoms with Crippen LogP contribution in [0.3, 0.4) is 0 Å². The standard InChI is InChI=1S/C13H22ClN3/c1-5-11-15-10(14)9-12(16-11)17-13(6-2,7-3)8-4/h9H,5-8H2,1-4H3,(H,15,16,17). The van der Waals surface area contributed by atoms with Crippen LogP contribution >= 0.6 is 11.6 Å². The summed E-state index contributed by atoms with van der Waals surface area (Å²) in [6.45, 7) is 8.62. The molecule has 1 aromatic rings. The summed E-state index contributed by atoms with van der Waals surface area (Å²) in [6, 6.07) is 1.80. The second kappa shape index (κ2) is 6.20. The third-order valence-electron chi connectivity index (χ3n) is 3.48. The average molecular weight is 256 g/mol. The molecule has 1 rings (SSSR count). The Bertz CT molecular complexity index is 353. The molecule has 1 heterocycles. The van der Waals surface area contributed by atoms with E-state index in [1.807, 2.05) is 6.92 Å². The van der Waals surface area contributed by atoms with Crippen molar-refractivity contribution in [1.29, 1.82) is 0 Å². The van der Waals surface area contributed by atoms with Crippen LogP contribution in [0.1, 0.15) is 52.8 Å². The van der Waals surface area contributed by atoms with Crippen LogP contribution in [0.5, 0.6) is 0 Å². The lowest BCUT2D eigenvalue weighted by molar-refractivity contribution is 0.418. The zero-order chi connectivity index (χ0) is 12.9. The molecule has 0 bridgehead atoms. The third-order valence-corrected chi connectivity index (χ3v) is 3.67. The van der Waals surface area contributed by atoms with E-state index in [1.54, 1.807) is 6.07 Å². The second-order valence-corrected chi connectivity index (χ2v) is 4.70. The Hall–Kier alpha value is -0.830. The number of hydrogen-bond donors (Lipinski definition) is 1. The van der Waals surface area contributed by atoms with Crippen molar-refractivity contribution in [3.8, 4) is 0 Å². The molecular weight excluding hydrogens is 234 g/mol. The Labute approximate surface area is 109 Å². The Balaban J connectivity index is 2.96. The molecule has 0 aliphatic heterocycles. The lowest BCUT2D eigenvalue weighted by Crippen LogP contribution is -2.36. The number of hydrogen-bond acceptors (Lipinski definition) is 3. The van der Waals surface area contributed by atoms with Crippen molar-refractivity contribution in [2.45, 2.75) is 58.9 Å². The van der Waals surface area contributed by atoms with Crippen molar-refractivity contribution < 1.29 is 0 Å². The summed E-state index contributed by atoms with van der Waals surface area (Å²) in [4.78, 5) is 8.65. The average Bonchev–Trinajstić information content (AvgIpc) is 2.35. The van der Waals surface area contributed by atoms with E-state index in [1.165, 1.54) is 0 Å². The topological polar surface area (TPSA) is 37.8 Å². The molecule has 3 nitrogen and oxygen atoms in total. The highest BCUT2D eigenvalue weighted by Gasteiger charge is 2.24. The highest BCUT2D eigenvalue weighted by molar-refractivity contribution is 6.29. The maximum atomic E-state index is 6.00. The highest BCUT2D eigenvalue weighted by Crippen LogP contribution is 2.25. The first-order valence-corrected chi connectivity index (χ1v) is 6.78. The predicted octanol–water partition coefficient (Wildman–Crippen LogP) is 4.07. The number of anilines is 1. The van der Waals surface area contributed by atoms with E-state index in [4.69, 9.17) is 11.6 Å². The number of nitrogens with one attached hydrogen (secondary N) is 1. The molecule has 0 radical (unpaired) electrons. The minimum atomic E-state index is 0.114. The maximum absolute atomic E-state index is 6.00. The Morgan fingerprint density at radius 1 is 1.12 bits per heavy atom. The maximum Gasteiger partial charge on any atom is 0.134 e. The molecular formula is C13H22ClN3. The first-order valence-electron chi connectivity index (χ1n) is 6.40. The van der Waals surface area contributed by atoms with Gasteiger partial charge in [0, 0.05) is 18.0 Å². The van der Waals surface area contributed by atoms with Crippen molar-refractivity contribution >= 4 is 17.4 Å². The lowest BCUT2D eigenvalue weighted by atomic mass is 9.90. The summed E-state index contributed by atoms with van der Waals surface area (Å²) in [6.07, 6.45) is 4.02. The van der Waals surface area contributed by atoms with Crippen LogP contribution in [0.25, 0.3) is 0 Å². The van der Waals surface area contributed by atoms with Gasteiger partial charge in [-0.05, 0) is 19.3 Å². The minimum Gasteiger partial charge on any atom is -0.365 e. The van der Waals surface area contributed by atoms with E-state index in [-0.39, 0.29) is 5.54 Å².